The van der Waals surface area contributed by atoms with Crippen LogP contribution in [0.15, 0.2) is 47.6 Å². The van der Waals surface area contributed by atoms with Crippen molar-refractivity contribution in [3.05, 3.63) is 58.6 Å². The van der Waals surface area contributed by atoms with E-state index in [4.69, 9.17) is 21.1 Å². The van der Waals surface area contributed by atoms with Gasteiger partial charge in [0.1, 0.15) is 11.5 Å². The number of benzene rings is 2. The molecule has 5 nitrogen and oxygen atoms in total. The first-order valence-corrected chi connectivity index (χ1v) is 9.30. The highest BCUT2D eigenvalue weighted by atomic mass is 35.5. The largest absolute Gasteiger partial charge is 0.497 e. The maximum Gasteiger partial charge on any atom is 0.240 e. The number of carbonyl (C=O) groups excluding carboxylic acids is 1. The van der Waals surface area contributed by atoms with Crippen LogP contribution in [0.2, 0.25) is 5.02 Å². The van der Waals surface area contributed by atoms with Gasteiger partial charge in [-0.2, -0.15) is 5.10 Å². The summed E-state index contributed by atoms with van der Waals surface area (Å²) in [7, 11) is 1.63. The van der Waals surface area contributed by atoms with E-state index < -0.39 is 0 Å². The zero-order chi connectivity index (χ0) is 19.6. The van der Waals surface area contributed by atoms with Crippen molar-refractivity contribution in [1.29, 1.82) is 0 Å². The molecule has 2 aromatic rings. The standard InChI is InChI=1S/C21H25ClN2O3/c1-4-19(16-7-10-18(26-3)11-8-16)23-24-21(25)6-5-13-27-20-12-9-17(22)14-15(20)2/h7-12,14H,4-6,13H2,1-3H3,(H,24,25)/b23-19+. The highest BCUT2D eigenvalue weighted by Crippen LogP contribution is 2.21. The zero-order valence-corrected chi connectivity index (χ0v) is 16.7. The predicted octanol–water partition coefficient (Wildman–Crippen LogP) is 4.75. The summed E-state index contributed by atoms with van der Waals surface area (Å²) >= 11 is 5.92. The maximum atomic E-state index is 12.0. The van der Waals surface area contributed by atoms with Crippen molar-refractivity contribution in [3.8, 4) is 11.5 Å². The summed E-state index contributed by atoms with van der Waals surface area (Å²) in [6.45, 7) is 4.39. The van der Waals surface area contributed by atoms with E-state index in [1.807, 2.05) is 50.2 Å². The van der Waals surface area contributed by atoms with Crippen LogP contribution in [-0.4, -0.2) is 25.3 Å². The van der Waals surface area contributed by atoms with Crippen LogP contribution in [0.3, 0.4) is 0 Å². The molecule has 0 aliphatic carbocycles. The molecule has 2 rings (SSSR count). The molecule has 2 aromatic carbocycles. The fourth-order valence-electron chi connectivity index (χ4n) is 2.51. The molecule has 0 fully saturated rings. The Labute approximate surface area is 165 Å². The monoisotopic (exact) mass is 388 g/mol. The molecule has 6 heteroatoms. The number of aryl methyl sites for hydroxylation is 1. The number of nitrogens with zero attached hydrogens (tertiary/aromatic N) is 1. The summed E-state index contributed by atoms with van der Waals surface area (Å²) in [6, 6.07) is 13.1. The Kier molecular flexibility index (Phi) is 8.14. The fourth-order valence-corrected chi connectivity index (χ4v) is 2.73. The Morgan fingerprint density at radius 1 is 1.19 bits per heavy atom. The molecule has 0 heterocycles. The lowest BCUT2D eigenvalue weighted by atomic mass is 10.1. The van der Waals surface area contributed by atoms with Crippen molar-refractivity contribution in [1.82, 2.24) is 5.43 Å². The first-order chi connectivity index (χ1) is 13.0. The van der Waals surface area contributed by atoms with Gasteiger partial charge in [-0.25, -0.2) is 5.43 Å². The molecule has 27 heavy (non-hydrogen) atoms. The SMILES string of the molecule is CC/C(=N\NC(=O)CCCOc1ccc(Cl)cc1C)c1ccc(OC)cc1. The average molecular weight is 389 g/mol. The van der Waals surface area contributed by atoms with Gasteiger partial charge in [-0.3, -0.25) is 4.79 Å². The quantitative estimate of drug-likeness (QED) is 0.383. The number of halogens is 1. The number of hydrogen-bond donors (Lipinski definition) is 1. The highest BCUT2D eigenvalue weighted by Gasteiger charge is 2.05. The van der Waals surface area contributed by atoms with Crippen LogP contribution < -0.4 is 14.9 Å². The van der Waals surface area contributed by atoms with Gasteiger partial charge in [0.2, 0.25) is 5.91 Å². The average Bonchev–Trinajstić information content (AvgIpc) is 2.67. The molecule has 0 unspecified atom stereocenters. The van der Waals surface area contributed by atoms with E-state index in [0.717, 1.165) is 28.3 Å². The van der Waals surface area contributed by atoms with E-state index in [0.29, 0.717) is 30.9 Å². The molecular formula is C21H25ClN2O3. The van der Waals surface area contributed by atoms with E-state index in [2.05, 4.69) is 10.5 Å². The Morgan fingerprint density at radius 3 is 2.56 bits per heavy atom. The van der Waals surface area contributed by atoms with E-state index in [1.54, 1.807) is 13.2 Å². The molecule has 0 radical (unpaired) electrons. The Bertz CT molecular complexity index is 789. The van der Waals surface area contributed by atoms with Crippen molar-refractivity contribution < 1.29 is 14.3 Å². The minimum atomic E-state index is -0.133. The van der Waals surface area contributed by atoms with Crippen molar-refractivity contribution >= 4 is 23.2 Å². The number of nitrogens with one attached hydrogen (secondary N) is 1. The molecule has 0 aliphatic rings. The number of hydrogen-bond acceptors (Lipinski definition) is 4. The van der Waals surface area contributed by atoms with Gasteiger partial charge in [-0.1, -0.05) is 18.5 Å². The van der Waals surface area contributed by atoms with Crippen LogP contribution >= 0.6 is 11.6 Å². The lowest BCUT2D eigenvalue weighted by Gasteiger charge is -2.09. The van der Waals surface area contributed by atoms with Gasteiger partial charge < -0.3 is 9.47 Å². The smallest absolute Gasteiger partial charge is 0.240 e. The second kappa shape index (κ2) is 10.6. The van der Waals surface area contributed by atoms with Gasteiger partial charge in [0, 0.05) is 11.4 Å². The van der Waals surface area contributed by atoms with E-state index in [-0.39, 0.29) is 5.91 Å². The molecule has 1 amide bonds. The van der Waals surface area contributed by atoms with E-state index >= 15 is 0 Å². The van der Waals surface area contributed by atoms with Gasteiger partial charge in [-0.05, 0) is 73.4 Å². The number of carbonyl (C=O) groups is 1. The summed E-state index contributed by atoms with van der Waals surface area (Å²) < 4.78 is 10.8. The normalized spacial score (nSPS) is 11.2. The summed E-state index contributed by atoms with van der Waals surface area (Å²) in [4.78, 5) is 12.0. The molecule has 0 aromatic heterocycles. The van der Waals surface area contributed by atoms with Crippen molar-refractivity contribution in [2.24, 2.45) is 5.10 Å². The topological polar surface area (TPSA) is 59.9 Å². The highest BCUT2D eigenvalue weighted by molar-refractivity contribution is 6.30. The second-order valence-corrected chi connectivity index (χ2v) is 6.47. The second-order valence-electron chi connectivity index (χ2n) is 6.04. The summed E-state index contributed by atoms with van der Waals surface area (Å²) in [5.41, 5.74) is 5.38. The van der Waals surface area contributed by atoms with E-state index in [9.17, 15) is 4.79 Å². The van der Waals surface area contributed by atoms with Crippen LogP contribution in [0.5, 0.6) is 11.5 Å². The van der Waals surface area contributed by atoms with Crippen molar-refractivity contribution in [2.45, 2.75) is 33.1 Å². The van der Waals surface area contributed by atoms with Gasteiger partial charge >= 0.3 is 0 Å². The Balaban J connectivity index is 1.79. The molecule has 0 aliphatic heterocycles. The van der Waals surface area contributed by atoms with Crippen LogP contribution in [0, 0.1) is 6.92 Å². The Morgan fingerprint density at radius 2 is 1.93 bits per heavy atom. The molecule has 0 bridgehead atoms. The van der Waals surface area contributed by atoms with Gasteiger partial charge in [0.25, 0.3) is 0 Å². The van der Waals surface area contributed by atoms with Crippen LogP contribution in [0.1, 0.15) is 37.3 Å². The van der Waals surface area contributed by atoms with Crippen molar-refractivity contribution in [3.63, 3.8) is 0 Å². The Hall–Kier alpha value is -2.53. The lowest BCUT2D eigenvalue weighted by Crippen LogP contribution is -2.20. The summed E-state index contributed by atoms with van der Waals surface area (Å²) in [5, 5.41) is 4.93. The maximum absolute atomic E-state index is 12.0. The number of methoxy groups -OCH3 is 1. The molecule has 0 spiro atoms. The summed E-state index contributed by atoms with van der Waals surface area (Å²) in [5.74, 6) is 1.44. The number of ether oxygens (including phenoxy) is 2. The predicted molar refractivity (Wildman–Crippen MR) is 109 cm³/mol. The van der Waals surface area contributed by atoms with Crippen LogP contribution in [0.25, 0.3) is 0 Å². The van der Waals surface area contributed by atoms with Gasteiger partial charge in [0.05, 0.1) is 19.4 Å². The third-order valence-electron chi connectivity index (χ3n) is 4.02. The zero-order valence-electron chi connectivity index (χ0n) is 15.9. The molecule has 1 N–H and O–H groups in total. The molecule has 0 atom stereocenters. The third-order valence-corrected chi connectivity index (χ3v) is 4.25. The third kappa shape index (κ3) is 6.61. The lowest BCUT2D eigenvalue weighted by molar-refractivity contribution is -0.121. The number of rotatable bonds is 9. The molecule has 0 saturated heterocycles. The summed E-state index contributed by atoms with van der Waals surface area (Å²) in [6.07, 6.45) is 1.66. The molecular weight excluding hydrogens is 364 g/mol. The minimum Gasteiger partial charge on any atom is -0.497 e. The van der Waals surface area contributed by atoms with Crippen molar-refractivity contribution in [2.75, 3.05) is 13.7 Å². The first kappa shape index (κ1) is 20.8. The van der Waals surface area contributed by atoms with Gasteiger partial charge in [-0.15, -0.1) is 0 Å². The van der Waals surface area contributed by atoms with E-state index in [1.165, 1.54) is 0 Å². The number of amides is 1. The number of hydrazone groups is 1. The fraction of sp³-hybridized carbons (Fsp3) is 0.333. The molecule has 0 saturated carbocycles. The van der Waals surface area contributed by atoms with Crippen LogP contribution in [0.4, 0.5) is 0 Å². The first-order valence-electron chi connectivity index (χ1n) is 8.92. The van der Waals surface area contributed by atoms with Gasteiger partial charge in [0.15, 0.2) is 0 Å². The molecule has 144 valence electrons. The minimum absolute atomic E-state index is 0.133. The van der Waals surface area contributed by atoms with Crippen LogP contribution in [-0.2, 0) is 4.79 Å².